The van der Waals surface area contributed by atoms with Crippen molar-refractivity contribution in [1.82, 2.24) is 4.98 Å². The molecule has 3 N–H and O–H groups in total. The minimum atomic E-state index is -0.477. The molecule has 0 saturated heterocycles. The van der Waals surface area contributed by atoms with E-state index < -0.39 is 5.56 Å². The zero-order valence-electron chi connectivity index (χ0n) is 5.66. The Morgan fingerprint density at radius 3 is 2.64 bits per heavy atom. The van der Waals surface area contributed by atoms with Crippen LogP contribution in [0.5, 0.6) is 5.88 Å². The van der Waals surface area contributed by atoms with Gasteiger partial charge in [0.1, 0.15) is 5.76 Å². The van der Waals surface area contributed by atoms with E-state index in [1.807, 2.05) is 0 Å². The Bertz CT molecular complexity index is 340. The summed E-state index contributed by atoms with van der Waals surface area (Å²) in [6.45, 7) is 3.20. The fraction of sp³-hybridized carbons (Fsp3) is 0. The van der Waals surface area contributed by atoms with E-state index in [0.717, 1.165) is 6.07 Å². The molecule has 0 fully saturated rings. The average Bonchev–Trinajstić information content (AvgIpc) is 1.85. The van der Waals surface area contributed by atoms with Crippen LogP contribution in [0.3, 0.4) is 0 Å². The molecule has 0 aliphatic heterocycles. The van der Waals surface area contributed by atoms with Gasteiger partial charge in [-0.25, -0.2) is 0 Å². The lowest BCUT2D eigenvalue weighted by Crippen LogP contribution is -2.04. The van der Waals surface area contributed by atoms with Crippen LogP contribution in [-0.2, 0) is 0 Å². The number of aliphatic hydroxyl groups is 1. The second kappa shape index (κ2) is 2.49. The quantitative estimate of drug-likeness (QED) is 0.517. The van der Waals surface area contributed by atoms with Crippen molar-refractivity contribution in [2.75, 3.05) is 0 Å². The molecule has 0 amide bonds. The Kier molecular flexibility index (Phi) is 1.68. The summed E-state index contributed by atoms with van der Waals surface area (Å²) in [4.78, 5) is 12.8. The predicted molar refractivity (Wildman–Crippen MR) is 40.4 cm³/mol. The molecule has 0 unspecified atom stereocenters. The average molecular weight is 153 g/mol. The zero-order valence-corrected chi connectivity index (χ0v) is 5.66. The van der Waals surface area contributed by atoms with Crippen LogP contribution < -0.4 is 5.56 Å². The summed E-state index contributed by atoms with van der Waals surface area (Å²) in [5.41, 5.74) is -0.263. The first-order chi connectivity index (χ1) is 5.09. The van der Waals surface area contributed by atoms with Crippen molar-refractivity contribution in [1.29, 1.82) is 0 Å². The fourth-order valence-electron chi connectivity index (χ4n) is 0.695. The molecule has 0 radical (unpaired) electrons. The van der Waals surface area contributed by atoms with Crippen LogP contribution in [-0.4, -0.2) is 15.2 Å². The largest absolute Gasteiger partial charge is 0.508 e. The molecule has 0 aromatic carbocycles. The highest BCUT2D eigenvalue weighted by Crippen LogP contribution is 2.09. The topological polar surface area (TPSA) is 73.3 Å². The van der Waals surface area contributed by atoms with Crippen molar-refractivity contribution >= 4 is 5.76 Å². The molecule has 0 saturated carbocycles. The number of pyridine rings is 1. The molecule has 0 bridgehead atoms. The van der Waals surface area contributed by atoms with Crippen LogP contribution in [0.25, 0.3) is 5.76 Å². The highest BCUT2D eigenvalue weighted by atomic mass is 16.3. The highest BCUT2D eigenvalue weighted by Gasteiger charge is 1.98. The number of hydrogen-bond acceptors (Lipinski definition) is 3. The van der Waals surface area contributed by atoms with Gasteiger partial charge in [-0.05, 0) is 0 Å². The van der Waals surface area contributed by atoms with E-state index in [4.69, 9.17) is 10.2 Å². The molecular weight excluding hydrogens is 146 g/mol. The molecule has 1 heterocycles. The van der Waals surface area contributed by atoms with E-state index in [0.29, 0.717) is 0 Å². The zero-order chi connectivity index (χ0) is 8.43. The van der Waals surface area contributed by atoms with Gasteiger partial charge < -0.3 is 10.2 Å². The minimum Gasteiger partial charge on any atom is -0.508 e. The number of aromatic amines is 1. The lowest BCUT2D eigenvalue weighted by atomic mass is 10.2. The van der Waals surface area contributed by atoms with Gasteiger partial charge in [0.2, 0.25) is 0 Å². The molecule has 0 aliphatic carbocycles. The van der Waals surface area contributed by atoms with Crippen molar-refractivity contribution < 1.29 is 10.2 Å². The van der Waals surface area contributed by atoms with Crippen molar-refractivity contribution in [3.05, 3.63) is 34.6 Å². The third kappa shape index (κ3) is 1.61. The molecule has 4 nitrogen and oxygen atoms in total. The lowest BCUT2D eigenvalue weighted by Gasteiger charge is -1.96. The Hall–Kier alpha value is -1.71. The van der Waals surface area contributed by atoms with Crippen molar-refractivity contribution in [2.24, 2.45) is 0 Å². The minimum absolute atomic E-state index is 0.214. The SMILES string of the molecule is C=C(O)c1cc(O)[nH]c(=O)c1. The molecule has 58 valence electrons. The van der Waals surface area contributed by atoms with Gasteiger partial charge in [0.25, 0.3) is 5.56 Å². The number of aromatic nitrogens is 1. The summed E-state index contributed by atoms with van der Waals surface area (Å²) >= 11 is 0. The second-order valence-electron chi connectivity index (χ2n) is 2.07. The van der Waals surface area contributed by atoms with E-state index in [1.54, 1.807) is 0 Å². The number of aromatic hydroxyl groups is 1. The number of nitrogens with one attached hydrogen (secondary N) is 1. The van der Waals surface area contributed by atoms with Crippen molar-refractivity contribution in [3.63, 3.8) is 0 Å². The molecule has 0 atom stereocenters. The summed E-state index contributed by atoms with van der Waals surface area (Å²) in [5.74, 6) is -0.533. The monoisotopic (exact) mass is 153 g/mol. The summed E-state index contributed by atoms with van der Waals surface area (Å²) in [7, 11) is 0. The standard InChI is InChI=1S/C7H7NO3/c1-4(9)5-2-6(10)8-7(11)3-5/h2-3,9H,1H2,(H2,8,10,11). The van der Waals surface area contributed by atoms with Gasteiger partial charge in [-0.1, -0.05) is 6.58 Å². The fourth-order valence-corrected chi connectivity index (χ4v) is 0.695. The first-order valence-corrected chi connectivity index (χ1v) is 2.91. The van der Waals surface area contributed by atoms with E-state index >= 15 is 0 Å². The molecular formula is C7H7NO3. The Morgan fingerprint density at radius 1 is 1.55 bits per heavy atom. The van der Waals surface area contributed by atoms with Crippen LogP contribution >= 0.6 is 0 Å². The lowest BCUT2D eigenvalue weighted by molar-refractivity contribution is 0.450. The van der Waals surface area contributed by atoms with Gasteiger partial charge in [-0.15, -0.1) is 0 Å². The molecule has 0 aliphatic rings. The normalized spacial score (nSPS) is 9.45. The molecule has 1 aromatic heterocycles. The Morgan fingerprint density at radius 2 is 2.18 bits per heavy atom. The molecule has 1 aromatic rings. The third-order valence-corrected chi connectivity index (χ3v) is 1.16. The second-order valence-corrected chi connectivity index (χ2v) is 2.07. The summed E-state index contributed by atoms with van der Waals surface area (Å²) in [6.07, 6.45) is 0. The van der Waals surface area contributed by atoms with E-state index in [-0.39, 0.29) is 17.2 Å². The Balaban J connectivity index is 3.30. The number of aliphatic hydroxyl groups excluding tert-OH is 1. The summed E-state index contributed by atoms with van der Waals surface area (Å²) < 4.78 is 0. The van der Waals surface area contributed by atoms with Gasteiger partial charge in [-0.3, -0.25) is 9.78 Å². The summed E-state index contributed by atoms with van der Waals surface area (Å²) in [6, 6.07) is 2.35. The molecule has 11 heavy (non-hydrogen) atoms. The van der Waals surface area contributed by atoms with Gasteiger partial charge in [-0.2, -0.15) is 0 Å². The van der Waals surface area contributed by atoms with E-state index in [1.165, 1.54) is 6.07 Å². The van der Waals surface area contributed by atoms with Crippen LogP contribution in [0.15, 0.2) is 23.5 Å². The molecule has 4 heteroatoms. The number of hydrogen-bond donors (Lipinski definition) is 3. The van der Waals surface area contributed by atoms with Crippen molar-refractivity contribution in [2.45, 2.75) is 0 Å². The first kappa shape index (κ1) is 7.40. The van der Waals surface area contributed by atoms with E-state index in [9.17, 15) is 4.79 Å². The van der Waals surface area contributed by atoms with Gasteiger partial charge in [0.05, 0.1) is 0 Å². The maximum atomic E-state index is 10.6. The molecule has 0 spiro atoms. The van der Waals surface area contributed by atoms with Gasteiger partial charge >= 0.3 is 0 Å². The first-order valence-electron chi connectivity index (χ1n) is 2.91. The van der Waals surface area contributed by atoms with Gasteiger partial charge in [0, 0.05) is 17.7 Å². The van der Waals surface area contributed by atoms with Crippen LogP contribution in [0.4, 0.5) is 0 Å². The predicted octanol–water partition coefficient (Wildman–Crippen LogP) is 0.609. The van der Waals surface area contributed by atoms with Crippen LogP contribution in [0, 0.1) is 0 Å². The van der Waals surface area contributed by atoms with Gasteiger partial charge in [0.15, 0.2) is 5.88 Å². The third-order valence-electron chi connectivity index (χ3n) is 1.16. The van der Waals surface area contributed by atoms with Crippen LogP contribution in [0.1, 0.15) is 5.56 Å². The summed E-state index contributed by atoms with van der Waals surface area (Å²) in [5, 5.41) is 17.6. The Labute approximate surface area is 62.4 Å². The highest BCUT2D eigenvalue weighted by molar-refractivity contribution is 5.56. The van der Waals surface area contributed by atoms with Crippen LogP contribution in [0.2, 0.25) is 0 Å². The smallest absolute Gasteiger partial charge is 0.251 e. The van der Waals surface area contributed by atoms with E-state index in [2.05, 4.69) is 11.6 Å². The maximum absolute atomic E-state index is 10.6. The number of H-pyrrole nitrogens is 1. The molecule has 1 rings (SSSR count). The maximum Gasteiger partial charge on any atom is 0.251 e. The van der Waals surface area contributed by atoms with Crippen molar-refractivity contribution in [3.8, 4) is 5.88 Å². The number of rotatable bonds is 1.